The first kappa shape index (κ1) is 20.0. The summed E-state index contributed by atoms with van der Waals surface area (Å²) in [7, 11) is 0. The Morgan fingerprint density at radius 3 is 2.41 bits per heavy atom. The molecule has 5 atom stereocenters. The van der Waals surface area contributed by atoms with Gasteiger partial charge in [0.15, 0.2) is 0 Å². The molecule has 0 aromatic heterocycles. The SMILES string of the molecule is O[C@H]1CCN(Cc2cccc(I)c2)C[C@@H]1N1[C@@H]2CC[C@H]1CC(c1ccccc1)C2. The Hall–Kier alpha value is -0.950. The number of rotatable bonds is 4. The molecule has 1 unspecified atom stereocenters. The maximum absolute atomic E-state index is 10.9. The number of likely N-dealkylation sites (tertiary alicyclic amines) is 1. The third kappa shape index (κ3) is 4.27. The van der Waals surface area contributed by atoms with Crippen LogP contribution in [0.3, 0.4) is 0 Å². The summed E-state index contributed by atoms with van der Waals surface area (Å²) in [6.45, 7) is 2.99. The van der Waals surface area contributed by atoms with Gasteiger partial charge in [-0.15, -0.1) is 0 Å². The monoisotopic (exact) mass is 502 g/mol. The highest BCUT2D eigenvalue weighted by Crippen LogP contribution is 2.45. The summed E-state index contributed by atoms with van der Waals surface area (Å²) < 4.78 is 1.30. The van der Waals surface area contributed by atoms with E-state index in [1.807, 2.05) is 0 Å². The molecular weight excluding hydrogens is 471 g/mol. The fourth-order valence-corrected chi connectivity index (χ4v) is 6.67. The van der Waals surface area contributed by atoms with Crippen molar-refractivity contribution in [2.24, 2.45) is 0 Å². The first-order valence-electron chi connectivity index (χ1n) is 11.1. The van der Waals surface area contributed by atoms with Crippen LogP contribution in [0.25, 0.3) is 0 Å². The molecule has 154 valence electrons. The van der Waals surface area contributed by atoms with Gasteiger partial charge in [0.1, 0.15) is 0 Å². The second-order valence-corrected chi connectivity index (χ2v) is 10.4. The van der Waals surface area contributed by atoms with Crippen LogP contribution in [0.1, 0.15) is 49.1 Å². The quantitative estimate of drug-likeness (QED) is 0.618. The second-order valence-electron chi connectivity index (χ2n) is 9.20. The Morgan fingerprint density at radius 1 is 0.931 bits per heavy atom. The van der Waals surface area contributed by atoms with E-state index < -0.39 is 0 Å². The van der Waals surface area contributed by atoms with Gasteiger partial charge >= 0.3 is 0 Å². The van der Waals surface area contributed by atoms with E-state index in [1.54, 1.807) is 0 Å². The highest BCUT2D eigenvalue weighted by atomic mass is 127. The number of aliphatic hydroxyl groups is 1. The van der Waals surface area contributed by atoms with Gasteiger partial charge in [-0.2, -0.15) is 0 Å². The van der Waals surface area contributed by atoms with Gasteiger partial charge in [-0.05, 0) is 83.9 Å². The van der Waals surface area contributed by atoms with Crippen molar-refractivity contribution in [3.8, 4) is 0 Å². The van der Waals surface area contributed by atoms with Gasteiger partial charge in [-0.3, -0.25) is 9.80 Å². The topological polar surface area (TPSA) is 26.7 Å². The van der Waals surface area contributed by atoms with Crippen LogP contribution in [0.4, 0.5) is 0 Å². The number of hydrogen-bond donors (Lipinski definition) is 1. The van der Waals surface area contributed by atoms with Crippen LogP contribution in [0.15, 0.2) is 54.6 Å². The first-order chi connectivity index (χ1) is 14.2. The Bertz CT molecular complexity index is 815. The van der Waals surface area contributed by atoms with E-state index in [1.165, 1.54) is 40.4 Å². The largest absolute Gasteiger partial charge is 0.391 e. The van der Waals surface area contributed by atoms with Crippen molar-refractivity contribution < 1.29 is 5.11 Å². The molecule has 3 saturated heterocycles. The third-order valence-corrected chi connectivity index (χ3v) is 8.04. The van der Waals surface area contributed by atoms with Crippen LogP contribution >= 0.6 is 22.6 Å². The van der Waals surface area contributed by atoms with Gasteiger partial charge in [0.05, 0.1) is 6.10 Å². The molecule has 5 rings (SSSR count). The summed E-state index contributed by atoms with van der Waals surface area (Å²) in [5.41, 5.74) is 2.89. The van der Waals surface area contributed by atoms with Crippen molar-refractivity contribution in [1.29, 1.82) is 0 Å². The maximum Gasteiger partial charge on any atom is 0.0720 e. The predicted molar refractivity (Wildman–Crippen MR) is 126 cm³/mol. The molecule has 0 saturated carbocycles. The molecule has 4 heteroatoms. The zero-order chi connectivity index (χ0) is 19.8. The average molecular weight is 502 g/mol. The van der Waals surface area contributed by atoms with Crippen molar-refractivity contribution in [1.82, 2.24) is 9.80 Å². The minimum atomic E-state index is -0.182. The standard InChI is InChI=1S/C25H31IN2O/c26-21-8-4-5-18(13-21)16-27-12-11-25(29)24(17-27)28-22-9-10-23(28)15-20(14-22)19-6-2-1-3-7-19/h1-8,13,20,22-25,29H,9-12,14-17H2/t20?,22-,23+,24-,25-/m0/s1. The van der Waals surface area contributed by atoms with Gasteiger partial charge in [-0.25, -0.2) is 0 Å². The van der Waals surface area contributed by atoms with Crippen LogP contribution < -0.4 is 0 Å². The highest BCUT2D eigenvalue weighted by molar-refractivity contribution is 14.1. The van der Waals surface area contributed by atoms with Gasteiger partial charge in [0, 0.05) is 41.3 Å². The number of hydrogen-bond acceptors (Lipinski definition) is 3. The average Bonchev–Trinajstić information content (AvgIpc) is 2.99. The summed E-state index contributed by atoms with van der Waals surface area (Å²) in [4.78, 5) is 5.30. The Balaban J connectivity index is 1.28. The van der Waals surface area contributed by atoms with Crippen LogP contribution in [-0.2, 0) is 6.54 Å². The molecule has 3 nitrogen and oxygen atoms in total. The van der Waals surface area contributed by atoms with E-state index in [0.29, 0.717) is 24.0 Å². The van der Waals surface area contributed by atoms with E-state index in [-0.39, 0.29) is 6.10 Å². The zero-order valence-electron chi connectivity index (χ0n) is 17.0. The second kappa shape index (κ2) is 8.66. The molecule has 0 amide bonds. The predicted octanol–water partition coefficient (Wildman–Crippen LogP) is 4.64. The molecule has 0 aliphatic carbocycles. The summed E-state index contributed by atoms with van der Waals surface area (Å²) >= 11 is 2.40. The molecule has 0 spiro atoms. The van der Waals surface area contributed by atoms with Gasteiger partial charge < -0.3 is 5.11 Å². The summed E-state index contributed by atoms with van der Waals surface area (Å²) in [5.74, 6) is 0.688. The fraction of sp³-hybridized carbons (Fsp3) is 0.520. The molecule has 3 fully saturated rings. The first-order valence-corrected chi connectivity index (χ1v) is 12.2. The molecular formula is C25H31IN2O. The maximum atomic E-state index is 10.9. The lowest BCUT2D eigenvalue weighted by molar-refractivity contribution is -0.0476. The van der Waals surface area contributed by atoms with E-state index in [0.717, 1.165) is 26.1 Å². The molecule has 1 N–H and O–H groups in total. The van der Waals surface area contributed by atoms with E-state index in [4.69, 9.17) is 0 Å². The lowest BCUT2D eigenvalue weighted by Crippen LogP contribution is -2.59. The van der Waals surface area contributed by atoms with Crippen molar-refractivity contribution in [2.75, 3.05) is 13.1 Å². The Labute approximate surface area is 188 Å². The molecule has 29 heavy (non-hydrogen) atoms. The summed E-state index contributed by atoms with van der Waals surface area (Å²) in [6, 6.07) is 21.5. The molecule has 2 aromatic carbocycles. The molecule has 0 radical (unpaired) electrons. The zero-order valence-corrected chi connectivity index (χ0v) is 19.1. The molecule has 3 aliphatic heterocycles. The van der Waals surface area contributed by atoms with E-state index in [9.17, 15) is 5.11 Å². The number of halogens is 1. The molecule has 3 heterocycles. The number of aliphatic hydroxyl groups excluding tert-OH is 1. The minimum Gasteiger partial charge on any atom is -0.391 e. The summed E-state index contributed by atoms with van der Waals surface area (Å²) in [5, 5.41) is 10.9. The normalized spacial score (nSPS) is 33.1. The number of fused-ring (bicyclic) bond motifs is 2. The van der Waals surface area contributed by atoms with Crippen LogP contribution in [0.2, 0.25) is 0 Å². The number of benzene rings is 2. The van der Waals surface area contributed by atoms with Gasteiger partial charge in [-0.1, -0.05) is 42.5 Å². The summed E-state index contributed by atoms with van der Waals surface area (Å²) in [6.07, 6.45) is 5.81. The lowest BCUT2D eigenvalue weighted by Gasteiger charge is -2.48. The smallest absolute Gasteiger partial charge is 0.0720 e. The Kier molecular flexibility index (Phi) is 5.96. The lowest BCUT2D eigenvalue weighted by atomic mass is 9.83. The van der Waals surface area contributed by atoms with Gasteiger partial charge in [0.25, 0.3) is 0 Å². The third-order valence-electron chi connectivity index (χ3n) is 7.37. The van der Waals surface area contributed by atoms with Gasteiger partial charge in [0.2, 0.25) is 0 Å². The number of nitrogens with zero attached hydrogens (tertiary/aromatic N) is 2. The highest BCUT2D eigenvalue weighted by Gasteiger charge is 2.47. The van der Waals surface area contributed by atoms with Crippen molar-refractivity contribution in [3.63, 3.8) is 0 Å². The molecule has 2 bridgehead atoms. The van der Waals surface area contributed by atoms with E-state index in [2.05, 4.69) is 87.0 Å². The van der Waals surface area contributed by atoms with Crippen molar-refractivity contribution in [2.45, 2.75) is 68.8 Å². The van der Waals surface area contributed by atoms with Crippen LogP contribution in [0, 0.1) is 3.57 Å². The fourth-order valence-electron chi connectivity index (χ4n) is 6.07. The van der Waals surface area contributed by atoms with Crippen molar-refractivity contribution >= 4 is 22.6 Å². The van der Waals surface area contributed by atoms with Crippen molar-refractivity contribution in [3.05, 3.63) is 69.3 Å². The van der Waals surface area contributed by atoms with Crippen LogP contribution in [0.5, 0.6) is 0 Å². The Morgan fingerprint density at radius 2 is 1.69 bits per heavy atom. The number of piperidine rings is 2. The van der Waals surface area contributed by atoms with Crippen LogP contribution in [-0.4, -0.2) is 52.2 Å². The molecule has 3 aliphatic rings. The minimum absolute atomic E-state index is 0.182. The molecule has 2 aromatic rings. The van der Waals surface area contributed by atoms with E-state index >= 15 is 0 Å².